The molecule has 25 heavy (non-hydrogen) atoms. The summed E-state index contributed by atoms with van der Waals surface area (Å²) < 4.78 is 0. The Bertz CT molecular complexity index is 990. The van der Waals surface area contributed by atoms with Gasteiger partial charge in [-0.2, -0.15) is 0 Å². The first kappa shape index (κ1) is 15.6. The normalized spacial score (nSPS) is 10.9. The van der Waals surface area contributed by atoms with Crippen molar-refractivity contribution in [2.75, 3.05) is 5.32 Å². The second-order valence-corrected chi connectivity index (χ2v) is 6.78. The molecular weight excluding hydrogens is 330 g/mol. The number of nitrogens with zero attached hydrogens (tertiary/aromatic N) is 1. The number of fused-ring (bicyclic) bond motifs is 1. The van der Waals surface area contributed by atoms with E-state index in [-0.39, 0.29) is 5.91 Å². The molecule has 2 aromatic heterocycles. The summed E-state index contributed by atoms with van der Waals surface area (Å²) in [5, 5.41) is 4.82. The van der Waals surface area contributed by atoms with Crippen molar-refractivity contribution in [3.05, 3.63) is 82.3 Å². The van der Waals surface area contributed by atoms with E-state index < -0.39 is 0 Å². The molecule has 0 saturated carbocycles. The van der Waals surface area contributed by atoms with E-state index in [1.54, 1.807) is 0 Å². The lowest BCUT2D eigenvalue weighted by molar-refractivity contribution is 0.103. The summed E-state index contributed by atoms with van der Waals surface area (Å²) in [6, 6.07) is 19.8. The zero-order valence-electron chi connectivity index (χ0n) is 13.5. The summed E-state index contributed by atoms with van der Waals surface area (Å²) in [6.45, 7) is 0. The highest BCUT2D eigenvalue weighted by molar-refractivity contribution is 7.12. The van der Waals surface area contributed by atoms with E-state index in [9.17, 15) is 4.79 Å². The lowest BCUT2D eigenvalue weighted by Gasteiger charge is -2.03. The van der Waals surface area contributed by atoms with Gasteiger partial charge in [0.25, 0.3) is 5.91 Å². The van der Waals surface area contributed by atoms with Crippen molar-refractivity contribution >= 4 is 34.0 Å². The first-order valence-corrected chi connectivity index (χ1v) is 9.03. The second-order valence-electron chi connectivity index (χ2n) is 5.83. The Morgan fingerprint density at radius 3 is 2.72 bits per heavy atom. The summed E-state index contributed by atoms with van der Waals surface area (Å²) in [7, 11) is 0. The van der Waals surface area contributed by atoms with Gasteiger partial charge >= 0.3 is 0 Å². The minimum atomic E-state index is -0.0850. The molecular formula is C20H17N3OS. The Balaban J connectivity index is 1.48. The monoisotopic (exact) mass is 347 g/mol. The molecule has 4 rings (SSSR count). The molecule has 0 bridgehead atoms. The maximum absolute atomic E-state index is 12.1. The Hall–Kier alpha value is -2.92. The summed E-state index contributed by atoms with van der Waals surface area (Å²) in [6.07, 6.45) is 1.80. The SMILES string of the molecule is O=C(Nc1ccc2nc(CCc3ccccc3)[nH]c2c1)c1cccs1. The van der Waals surface area contributed by atoms with Gasteiger partial charge in [-0.25, -0.2) is 4.98 Å². The number of carbonyl (C=O) groups excluding carboxylic acids is 1. The maximum Gasteiger partial charge on any atom is 0.265 e. The third kappa shape index (κ3) is 3.61. The number of carbonyl (C=O) groups is 1. The molecule has 4 nitrogen and oxygen atoms in total. The quantitative estimate of drug-likeness (QED) is 0.551. The molecule has 1 amide bonds. The second kappa shape index (κ2) is 6.91. The molecule has 2 aromatic carbocycles. The van der Waals surface area contributed by atoms with E-state index in [0.717, 1.165) is 35.4 Å². The van der Waals surface area contributed by atoms with Crippen molar-refractivity contribution < 1.29 is 4.79 Å². The Morgan fingerprint density at radius 1 is 1.04 bits per heavy atom. The number of imidazole rings is 1. The van der Waals surface area contributed by atoms with E-state index >= 15 is 0 Å². The van der Waals surface area contributed by atoms with E-state index in [1.807, 2.05) is 41.8 Å². The van der Waals surface area contributed by atoms with Crippen LogP contribution in [0.1, 0.15) is 21.1 Å². The number of hydrogen-bond donors (Lipinski definition) is 2. The van der Waals surface area contributed by atoms with Crippen LogP contribution < -0.4 is 5.32 Å². The van der Waals surface area contributed by atoms with Crippen LogP contribution in [-0.2, 0) is 12.8 Å². The molecule has 2 heterocycles. The lowest BCUT2D eigenvalue weighted by Crippen LogP contribution is -2.09. The van der Waals surface area contributed by atoms with Crippen molar-refractivity contribution in [2.24, 2.45) is 0 Å². The molecule has 0 saturated heterocycles. The summed E-state index contributed by atoms with van der Waals surface area (Å²) in [5.74, 6) is 0.874. The number of hydrogen-bond acceptors (Lipinski definition) is 3. The van der Waals surface area contributed by atoms with Crippen molar-refractivity contribution in [3.8, 4) is 0 Å². The third-order valence-corrected chi connectivity index (χ3v) is 4.90. The largest absolute Gasteiger partial charge is 0.342 e. The maximum atomic E-state index is 12.1. The average molecular weight is 347 g/mol. The summed E-state index contributed by atoms with van der Waals surface area (Å²) in [5.41, 5.74) is 3.92. The highest BCUT2D eigenvalue weighted by Gasteiger charge is 2.09. The van der Waals surface area contributed by atoms with Crippen molar-refractivity contribution in [3.63, 3.8) is 0 Å². The van der Waals surface area contributed by atoms with Gasteiger partial charge in [-0.15, -0.1) is 11.3 Å². The van der Waals surface area contributed by atoms with Gasteiger partial charge < -0.3 is 10.3 Å². The van der Waals surface area contributed by atoms with Crippen molar-refractivity contribution in [2.45, 2.75) is 12.8 Å². The van der Waals surface area contributed by atoms with E-state index in [1.165, 1.54) is 16.9 Å². The van der Waals surface area contributed by atoms with Crippen molar-refractivity contribution in [1.82, 2.24) is 9.97 Å². The summed E-state index contributed by atoms with van der Waals surface area (Å²) in [4.78, 5) is 20.8. The average Bonchev–Trinajstić information content (AvgIpc) is 3.30. The van der Waals surface area contributed by atoms with Gasteiger partial charge in [0.05, 0.1) is 15.9 Å². The van der Waals surface area contributed by atoms with E-state index in [2.05, 4.69) is 39.6 Å². The van der Waals surface area contributed by atoms with Gasteiger partial charge in [-0.3, -0.25) is 4.79 Å². The number of nitrogens with one attached hydrogen (secondary N) is 2. The van der Waals surface area contributed by atoms with Crippen LogP contribution in [-0.4, -0.2) is 15.9 Å². The molecule has 0 radical (unpaired) electrons. The first-order chi connectivity index (χ1) is 12.3. The third-order valence-electron chi connectivity index (χ3n) is 4.03. The highest BCUT2D eigenvalue weighted by atomic mass is 32.1. The molecule has 124 valence electrons. The predicted octanol–water partition coefficient (Wildman–Crippen LogP) is 4.66. The zero-order chi connectivity index (χ0) is 17.1. The fourth-order valence-electron chi connectivity index (χ4n) is 2.77. The van der Waals surface area contributed by atoms with Crippen LogP contribution >= 0.6 is 11.3 Å². The number of benzene rings is 2. The number of H-pyrrole nitrogens is 1. The number of anilines is 1. The molecule has 0 spiro atoms. The molecule has 0 unspecified atom stereocenters. The van der Waals surface area contributed by atoms with Gasteiger partial charge in [0.15, 0.2) is 0 Å². The van der Waals surface area contributed by atoms with Crippen LogP contribution in [0.15, 0.2) is 66.0 Å². The van der Waals surface area contributed by atoms with Crippen LogP contribution in [0.4, 0.5) is 5.69 Å². The van der Waals surface area contributed by atoms with Gasteiger partial charge in [-0.05, 0) is 41.6 Å². The molecule has 2 N–H and O–H groups in total. The van der Waals surface area contributed by atoms with Gasteiger partial charge in [0.1, 0.15) is 5.82 Å². The van der Waals surface area contributed by atoms with Gasteiger partial charge in [0, 0.05) is 12.1 Å². The minimum absolute atomic E-state index is 0.0850. The molecule has 0 aliphatic heterocycles. The minimum Gasteiger partial charge on any atom is -0.342 e. The fourth-order valence-corrected chi connectivity index (χ4v) is 3.39. The number of aryl methyl sites for hydroxylation is 2. The first-order valence-electron chi connectivity index (χ1n) is 8.15. The standard InChI is InChI=1S/C20H17N3OS/c24-20(18-7-4-12-25-18)21-15-9-10-16-17(13-15)23-19(22-16)11-8-14-5-2-1-3-6-14/h1-7,9-10,12-13H,8,11H2,(H,21,24)(H,22,23). The van der Waals surface area contributed by atoms with Crippen molar-refractivity contribution in [1.29, 1.82) is 0 Å². The molecule has 0 aliphatic carbocycles. The number of rotatable bonds is 5. The number of thiophene rings is 1. The number of amides is 1. The zero-order valence-corrected chi connectivity index (χ0v) is 14.3. The Labute approximate surface area is 149 Å². The van der Waals surface area contributed by atoms with Crippen LogP contribution in [0.5, 0.6) is 0 Å². The van der Waals surface area contributed by atoms with E-state index in [0.29, 0.717) is 4.88 Å². The fraction of sp³-hybridized carbons (Fsp3) is 0.100. The Morgan fingerprint density at radius 2 is 1.92 bits per heavy atom. The highest BCUT2D eigenvalue weighted by Crippen LogP contribution is 2.19. The molecule has 4 aromatic rings. The van der Waals surface area contributed by atoms with Gasteiger partial charge in [0.2, 0.25) is 0 Å². The smallest absolute Gasteiger partial charge is 0.265 e. The topological polar surface area (TPSA) is 57.8 Å². The van der Waals surface area contributed by atoms with Crippen LogP contribution in [0.3, 0.4) is 0 Å². The Kier molecular flexibility index (Phi) is 4.31. The van der Waals surface area contributed by atoms with Gasteiger partial charge in [-0.1, -0.05) is 36.4 Å². The number of aromatic amines is 1. The predicted molar refractivity (Wildman–Crippen MR) is 102 cm³/mol. The van der Waals surface area contributed by atoms with Crippen LogP contribution in [0.2, 0.25) is 0 Å². The molecule has 0 atom stereocenters. The molecule has 0 fully saturated rings. The number of aromatic nitrogens is 2. The summed E-state index contributed by atoms with van der Waals surface area (Å²) >= 11 is 1.43. The van der Waals surface area contributed by atoms with Crippen LogP contribution in [0.25, 0.3) is 11.0 Å². The van der Waals surface area contributed by atoms with Crippen LogP contribution in [0, 0.1) is 0 Å². The van der Waals surface area contributed by atoms with E-state index in [4.69, 9.17) is 0 Å². The molecule has 5 heteroatoms. The molecule has 0 aliphatic rings. The lowest BCUT2D eigenvalue weighted by atomic mass is 10.1.